The highest BCUT2D eigenvalue weighted by atomic mass is 35.5. The SMILES string of the molecule is COc1ccc(/C=N\NC(=O)c2ccc(Cl)cc2)cc1C. The number of rotatable bonds is 4. The average molecular weight is 303 g/mol. The minimum atomic E-state index is -0.284. The molecule has 0 radical (unpaired) electrons. The molecule has 21 heavy (non-hydrogen) atoms. The predicted molar refractivity (Wildman–Crippen MR) is 84.2 cm³/mol. The Morgan fingerprint density at radius 3 is 2.57 bits per heavy atom. The molecule has 0 unspecified atom stereocenters. The molecule has 5 heteroatoms. The van der Waals surface area contributed by atoms with E-state index in [2.05, 4.69) is 10.5 Å². The monoisotopic (exact) mass is 302 g/mol. The van der Waals surface area contributed by atoms with Crippen molar-refractivity contribution < 1.29 is 9.53 Å². The van der Waals surface area contributed by atoms with Gasteiger partial charge < -0.3 is 4.74 Å². The van der Waals surface area contributed by atoms with Crippen LogP contribution in [0.25, 0.3) is 0 Å². The number of carbonyl (C=O) groups excluding carboxylic acids is 1. The van der Waals surface area contributed by atoms with Crippen LogP contribution in [0.4, 0.5) is 0 Å². The first-order valence-corrected chi connectivity index (χ1v) is 6.71. The van der Waals surface area contributed by atoms with Crippen LogP contribution in [0.1, 0.15) is 21.5 Å². The Bertz CT molecular complexity index is 666. The van der Waals surface area contributed by atoms with Gasteiger partial charge in [0.1, 0.15) is 5.75 Å². The molecule has 0 aromatic heterocycles. The highest BCUT2D eigenvalue weighted by molar-refractivity contribution is 6.30. The molecule has 1 N–H and O–H groups in total. The smallest absolute Gasteiger partial charge is 0.271 e. The molecule has 0 spiro atoms. The van der Waals surface area contributed by atoms with E-state index in [0.29, 0.717) is 10.6 Å². The van der Waals surface area contributed by atoms with E-state index in [1.807, 2.05) is 25.1 Å². The molecule has 0 aliphatic carbocycles. The van der Waals surface area contributed by atoms with Crippen LogP contribution >= 0.6 is 11.6 Å². The van der Waals surface area contributed by atoms with Crippen molar-refractivity contribution in [1.29, 1.82) is 0 Å². The molecule has 0 saturated heterocycles. The summed E-state index contributed by atoms with van der Waals surface area (Å²) in [5, 5.41) is 4.53. The maximum Gasteiger partial charge on any atom is 0.271 e. The number of benzene rings is 2. The lowest BCUT2D eigenvalue weighted by atomic mass is 10.1. The maximum absolute atomic E-state index is 11.8. The number of hydrazone groups is 1. The second-order valence-electron chi connectivity index (χ2n) is 4.44. The van der Waals surface area contributed by atoms with E-state index >= 15 is 0 Å². The third kappa shape index (κ3) is 4.07. The molecule has 2 rings (SSSR count). The van der Waals surface area contributed by atoms with Gasteiger partial charge in [-0.2, -0.15) is 5.10 Å². The maximum atomic E-state index is 11.8. The number of hydrogen-bond donors (Lipinski definition) is 1. The molecule has 108 valence electrons. The zero-order valence-electron chi connectivity index (χ0n) is 11.8. The van der Waals surface area contributed by atoms with Crippen molar-refractivity contribution >= 4 is 23.7 Å². The Morgan fingerprint density at radius 2 is 1.95 bits per heavy atom. The van der Waals surface area contributed by atoms with Crippen molar-refractivity contribution in [1.82, 2.24) is 5.43 Å². The first-order valence-electron chi connectivity index (χ1n) is 6.34. The number of hydrogen-bond acceptors (Lipinski definition) is 3. The average Bonchev–Trinajstić information content (AvgIpc) is 2.48. The summed E-state index contributed by atoms with van der Waals surface area (Å²) < 4.78 is 5.19. The van der Waals surface area contributed by atoms with E-state index in [9.17, 15) is 4.79 Å². The van der Waals surface area contributed by atoms with E-state index in [0.717, 1.165) is 16.9 Å². The van der Waals surface area contributed by atoms with E-state index in [4.69, 9.17) is 16.3 Å². The van der Waals surface area contributed by atoms with Crippen LogP contribution in [0.2, 0.25) is 5.02 Å². The third-order valence-corrected chi connectivity index (χ3v) is 3.16. The fourth-order valence-corrected chi connectivity index (χ4v) is 1.94. The number of carbonyl (C=O) groups is 1. The summed E-state index contributed by atoms with van der Waals surface area (Å²) in [6.07, 6.45) is 1.58. The van der Waals surface area contributed by atoms with Gasteiger partial charge in [-0.15, -0.1) is 0 Å². The van der Waals surface area contributed by atoms with Crippen LogP contribution in [0.15, 0.2) is 47.6 Å². The summed E-state index contributed by atoms with van der Waals surface area (Å²) >= 11 is 5.77. The van der Waals surface area contributed by atoms with Crippen LogP contribution < -0.4 is 10.2 Å². The molecule has 0 heterocycles. The Morgan fingerprint density at radius 1 is 1.24 bits per heavy atom. The van der Waals surface area contributed by atoms with Crippen molar-refractivity contribution in [2.45, 2.75) is 6.92 Å². The van der Waals surface area contributed by atoms with Gasteiger partial charge in [-0.05, 0) is 60.5 Å². The summed E-state index contributed by atoms with van der Waals surface area (Å²) in [5.41, 5.74) is 4.86. The number of ether oxygens (including phenoxy) is 1. The highest BCUT2D eigenvalue weighted by Gasteiger charge is 2.03. The minimum absolute atomic E-state index is 0.284. The van der Waals surface area contributed by atoms with Crippen molar-refractivity contribution in [2.24, 2.45) is 5.10 Å². The van der Waals surface area contributed by atoms with Gasteiger partial charge in [-0.25, -0.2) is 5.43 Å². The van der Waals surface area contributed by atoms with Crippen molar-refractivity contribution in [3.8, 4) is 5.75 Å². The topological polar surface area (TPSA) is 50.7 Å². The second-order valence-corrected chi connectivity index (χ2v) is 4.87. The van der Waals surface area contributed by atoms with Crippen LogP contribution in [-0.2, 0) is 0 Å². The van der Waals surface area contributed by atoms with Gasteiger partial charge in [0.15, 0.2) is 0 Å². The number of halogens is 1. The lowest BCUT2D eigenvalue weighted by Gasteiger charge is -2.04. The third-order valence-electron chi connectivity index (χ3n) is 2.91. The quantitative estimate of drug-likeness (QED) is 0.695. The molecule has 1 amide bonds. The van der Waals surface area contributed by atoms with Crippen LogP contribution in [0.3, 0.4) is 0 Å². The first-order chi connectivity index (χ1) is 10.1. The first kappa shape index (κ1) is 15.1. The lowest BCUT2D eigenvalue weighted by molar-refractivity contribution is 0.0955. The van der Waals surface area contributed by atoms with Crippen LogP contribution in [-0.4, -0.2) is 19.2 Å². The summed E-state index contributed by atoms with van der Waals surface area (Å²) in [6, 6.07) is 12.3. The number of nitrogens with zero attached hydrogens (tertiary/aromatic N) is 1. The Balaban J connectivity index is 2.00. The number of nitrogens with one attached hydrogen (secondary N) is 1. The van der Waals surface area contributed by atoms with Crippen molar-refractivity contribution in [2.75, 3.05) is 7.11 Å². The van der Waals surface area contributed by atoms with Gasteiger partial charge in [0.05, 0.1) is 13.3 Å². The van der Waals surface area contributed by atoms with E-state index in [1.54, 1.807) is 37.6 Å². The second kappa shape index (κ2) is 6.90. The standard InChI is InChI=1S/C16H15ClN2O2/c1-11-9-12(3-8-15(11)21-2)10-18-19-16(20)13-4-6-14(17)7-5-13/h3-10H,1-2H3,(H,19,20)/b18-10-. The van der Waals surface area contributed by atoms with Gasteiger partial charge >= 0.3 is 0 Å². The highest BCUT2D eigenvalue weighted by Crippen LogP contribution is 2.17. The molecule has 0 saturated carbocycles. The zero-order chi connectivity index (χ0) is 15.2. The Labute approximate surface area is 128 Å². The summed E-state index contributed by atoms with van der Waals surface area (Å²) in [7, 11) is 1.63. The van der Waals surface area contributed by atoms with Gasteiger partial charge in [0, 0.05) is 10.6 Å². The van der Waals surface area contributed by atoms with Gasteiger partial charge in [0.2, 0.25) is 0 Å². The molecule has 0 bridgehead atoms. The fourth-order valence-electron chi connectivity index (χ4n) is 1.81. The van der Waals surface area contributed by atoms with Crippen LogP contribution in [0, 0.1) is 6.92 Å². The summed E-state index contributed by atoms with van der Waals surface area (Å²) in [4.78, 5) is 11.8. The minimum Gasteiger partial charge on any atom is -0.496 e. The molecule has 0 fully saturated rings. The molecule has 2 aromatic carbocycles. The lowest BCUT2D eigenvalue weighted by Crippen LogP contribution is -2.17. The summed E-state index contributed by atoms with van der Waals surface area (Å²) in [5.74, 6) is 0.533. The molecule has 2 aromatic rings. The summed E-state index contributed by atoms with van der Waals surface area (Å²) in [6.45, 7) is 1.95. The normalized spacial score (nSPS) is 10.6. The predicted octanol–water partition coefficient (Wildman–Crippen LogP) is 3.42. The molecular formula is C16H15ClN2O2. The Kier molecular flexibility index (Phi) is 4.95. The molecule has 4 nitrogen and oxygen atoms in total. The van der Waals surface area contributed by atoms with E-state index in [-0.39, 0.29) is 5.91 Å². The van der Waals surface area contributed by atoms with Crippen molar-refractivity contribution in [3.05, 3.63) is 64.2 Å². The van der Waals surface area contributed by atoms with Crippen LogP contribution in [0.5, 0.6) is 5.75 Å². The van der Waals surface area contributed by atoms with E-state index < -0.39 is 0 Å². The Hall–Kier alpha value is -2.33. The number of methoxy groups -OCH3 is 1. The molecule has 0 atom stereocenters. The largest absolute Gasteiger partial charge is 0.496 e. The molecule has 0 aliphatic rings. The number of aryl methyl sites for hydroxylation is 1. The zero-order valence-corrected chi connectivity index (χ0v) is 12.5. The number of amides is 1. The van der Waals surface area contributed by atoms with Gasteiger partial charge in [-0.3, -0.25) is 4.79 Å². The fraction of sp³-hybridized carbons (Fsp3) is 0.125. The molecular weight excluding hydrogens is 288 g/mol. The molecule has 0 aliphatic heterocycles. The van der Waals surface area contributed by atoms with Crippen molar-refractivity contribution in [3.63, 3.8) is 0 Å². The van der Waals surface area contributed by atoms with E-state index in [1.165, 1.54) is 0 Å². The van der Waals surface area contributed by atoms with Gasteiger partial charge in [0.25, 0.3) is 5.91 Å². The van der Waals surface area contributed by atoms with Gasteiger partial charge in [-0.1, -0.05) is 11.6 Å².